The van der Waals surface area contributed by atoms with Crippen LogP contribution in [-0.4, -0.2) is 14.3 Å². The minimum Gasteiger partial charge on any atom is -0.437 e. The first kappa shape index (κ1) is 13.6. The van der Waals surface area contributed by atoms with E-state index in [0.717, 1.165) is 11.3 Å². The van der Waals surface area contributed by atoms with Crippen LogP contribution in [0.1, 0.15) is 5.69 Å². The zero-order valence-electron chi connectivity index (χ0n) is 10.8. The summed E-state index contributed by atoms with van der Waals surface area (Å²) in [6, 6.07) is 11.7. The Labute approximate surface area is 128 Å². The molecule has 3 rings (SSSR count). The maximum atomic E-state index is 10.8. The second kappa shape index (κ2) is 5.53. The molecule has 21 heavy (non-hydrogen) atoms. The van der Waals surface area contributed by atoms with E-state index in [2.05, 4.69) is 20.9 Å². The highest BCUT2D eigenvalue weighted by atomic mass is 79.9. The summed E-state index contributed by atoms with van der Waals surface area (Å²) in [7, 11) is 0. The second-order valence-corrected chi connectivity index (χ2v) is 4.84. The van der Waals surface area contributed by atoms with Gasteiger partial charge in [0.25, 0.3) is 5.69 Å². The van der Waals surface area contributed by atoms with Crippen molar-refractivity contribution in [2.24, 2.45) is 0 Å². The van der Waals surface area contributed by atoms with E-state index >= 15 is 0 Å². The Morgan fingerprint density at radius 1 is 1.29 bits per heavy atom. The molecule has 2 aromatic heterocycles. The molecule has 3 aromatic rings. The fourth-order valence-electron chi connectivity index (χ4n) is 2.00. The van der Waals surface area contributed by atoms with Crippen molar-refractivity contribution >= 4 is 27.3 Å². The summed E-state index contributed by atoms with van der Waals surface area (Å²) in [5.41, 5.74) is 1.58. The molecular formula is C14H10BrN3O3. The van der Waals surface area contributed by atoms with E-state index in [1.807, 2.05) is 28.8 Å². The van der Waals surface area contributed by atoms with E-state index < -0.39 is 4.92 Å². The fourth-order valence-corrected chi connectivity index (χ4v) is 2.51. The largest absolute Gasteiger partial charge is 0.437 e. The number of non-ortho nitro benzene ring substituents is 1. The van der Waals surface area contributed by atoms with Crippen LogP contribution in [0.2, 0.25) is 0 Å². The number of hydrogen-bond donors (Lipinski definition) is 0. The number of nitro groups is 1. The number of rotatable bonds is 4. The smallest absolute Gasteiger partial charge is 0.273 e. The molecule has 0 fully saturated rings. The average molecular weight is 348 g/mol. The van der Waals surface area contributed by atoms with Crippen molar-refractivity contribution in [3.63, 3.8) is 0 Å². The third kappa shape index (κ3) is 2.59. The van der Waals surface area contributed by atoms with Gasteiger partial charge in [0.1, 0.15) is 11.4 Å². The molecule has 106 valence electrons. The van der Waals surface area contributed by atoms with E-state index in [4.69, 9.17) is 4.74 Å². The molecule has 0 radical (unpaired) electrons. The quantitative estimate of drug-likeness (QED) is 0.407. The monoisotopic (exact) mass is 347 g/mol. The van der Waals surface area contributed by atoms with E-state index in [1.165, 1.54) is 12.1 Å². The lowest BCUT2D eigenvalue weighted by Gasteiger charge is -2.04. The average Bonchev–Trinajstić information content (AvgIpc) is 2.84. The number of halogens is 1. The summed E-state index contributed by atoms with van der Waals surface area (Å²) in [6.45, 7) is 0. The van der Waals surface area contributed by atoms with Gasteiger partial charge in [0.2, 0.25) is 5.88 Å². The van der Waals surface area contributed by atoms with Gasteiger partial charge in [-0.25, -0.2) is 0 Å². The maximum Gasteiger partial charge on any atom is 0.273 e. The van der Waals surface area contributed by atoms with Gasteiger partial charge in [-0.2, -0.15) is 4.98 Å². The number of alkyl halides is 1. The lowest BCUT2D eigenvalue weighted by molar-refractivity contribution is -0.384. The van der Waals surface area contributed by atoms with Gasteiger partial charge in [0.15, 0.2) is 0 Å². The first-order valence-corrected chi connectivity index (χ1v) is 7.25. The van der Waals surface area contributed by atoms with Gasteiger partial charge in [0.05, 0.1) is 16.7 Å². The number of nitro benzene ring substituents is 1. The molecule has 6 nitrogen and oxygen atoms in total. The number of fused-ring (bicyclic) bond motifs is 1. The van der Waals surface area contributed by atoms with Gasteiger partial charge < -0.3 is 4.74 Å². The lowest BCUT2D eigenvalue weighted by Crippen LogP contribution is -1.93. The number of hydrogen-bond acceptors (Lipinski definition) is 4. The second-order valence-electron chi connectivity index (χ2n) is 4.28. The minimum atomic E-state index is -0.456. The Morgan fingerprint density at radius 3 is 2.90 bits per heavy atom. The van der Waals surface area contributed by atoms with E-state index in [0.29, 0.717) is 17.0 Å². The molecule has 0 aliphatic heterocycles. The van der Waals surface area contributed by atoms with Gasteiger partial charge in [-0.1, -0.05) is 28.1 Å². The van der Waals surface area contributed by atoms with Crippen molar-refractivity contribution in [1.29, 1.82) is 0 Å². The third-order valence-corrected chi connectivity index (χ3v) is 3.49. The molecule has 0 aliphatic carbocycles. The van der Waals surface area contributed by atoms with Gasteiger partial charge in [-0.05, 0) is 18.2 Å². The SMILES string of the molecule is O=[N+]([O-])c1cccc(Oc2nc3ccccn3c2CBr)c1. The molecule has 2 heterocycles. The number of pyridine rings is 1. The number of imidazole rings is 1. The zero-order chi connectivity index (χ0) is 14.8. The number of nitrogens with zero attached hydrogens (tertiary/aromatic N) is 3. The minimum absolute atomic E-state index is 0.0170. The highest BCUT2D eigenvalue weighted by molar-refractivity contribution is 9.08. The summed E-state index contributed by atoms with van der Waals surface area (Å²) in [5.74, 6) is 0.813. The summed E-state index contributed by atoms with van der Waals surface area (Å²) in [5, 5.41) is 11.4. The van der Waals surface area contributed by atoms with Crippen LogP contribution in [0, 0.1) is 10.1 Å². The molecule has 0 unspecified atom stereocenters. The standard InChI is InChI=1S/C14H10BrN3O3/c15-9-12-14(16-13-6-1-2-7-17(12)13)21-11-5-3-4-10(8-11)18(19)20/h1-8H,9H2. The molecule has 0 aliphatic rings. The molecule has 0 spiro atoms. The molecule has 7 heteroatoms. The predicted molar refractivity (Wildman–Crippen MR) is 81.0 cm³/mol. The normalized spacial score (nSPS) is 10.7. The van der Waals surface area contributed by atoms with Gasteiger partial charge >= 0.3 is 0 Å². The Bertz CT molecular complexity index is 816. The summed E-state index contributed by atoms with van der Waals surface area (Å²) >= 11 is 3.41. The van der Waals surface area contributed by atoms with E-state index in [9.17, 15) is 10.1 Å². The molecule has 0 N–H and O–H groups in total. The van der Waals surface area contributed by atoms with Crippen LogP contribution >= 0.6 is 15.9 Å². The van der Waals surface area contributed by atoms with Crippen molar-refractivity contribution in [1.82, 2.24) is 9.38 Å². The summed E-state index contributed by atoms with van der Waals surface area (Å²) < 4.78 is 7.61. The Hall–Kier alpha value is -2.41. The highest BCUT2D eigenvalue weighted by Gasteiger charge is 2.14. The predicted octanol–water partition coefficient (Wildman–Crippen LogP) is 3.93. The molecular weight excluding hydrogens is 338 g/mol. The van der Waals surface area contributed by atoms with Crippen LogP contribution < -0.4 is 4.74 Å². The molecule has 0 saturated heterocycles. The number of aromatic nitrogens is 2. The summed E-state index contributed by atoms with van der Waals surface area (Å²) in [6.07, 6.45) is 1.89. The van der Waals surface area contributed by atoms with Crippen molar-refractivity contribution < 1.29 is 9.66 Å². The molecule has 0 bridgehead atoms. The van der Waals surface area contributed by atoms with E-state index in [-0.39, 0.29) is 5.69 Å². The molecule has 0 atom stereocenters. The number of ether oxygens (including phenoxy) is 1. The molecule has 0 saturated carbocycles. The number of benzene rings is 1. The van der Waals surface area contributed by atoms with Crippen molar-refractivity contribution in [3.8, 4) is 11.6 Å². The van der Waals surface area contributed by atoms with Gasteiger partial charge in [-0.15, -0.1) is 0 Å². The first-order valence-electron chi connectivity index (χ1n) is 6.13. The zero-order valence-corrected chi connectivity index (χ0v) is 12.4. The lowest BCUT2D eigenvalue weighted by atomic mass is 10.3. The highest BCUT2D eigenvalue weighted by Crippen LogP contribution is 2.29. The van der Waals surface area contributed by atoms with Crippen LogP contribution in [0.4, 0.5) is 5.69 Å². The Balaban J connectivity index is 2.01. The van der Waals surface area contributed by atoms with Crippen molar-refractivity contribution in [3.05, 3.63) is 64.5 Å². The van der Waals surface area contributed by atoms with Crippen LogP contribution in [-0.2, 0) is 5.33 Å². The third-order valence-electron chi connectivity index (χ3n) is 2.96. The molecule has 0 amide bonds. The fraction of sp³-hybridized carbons (Fsp3) is 0.0714. The topological polar surface area (TPSA) is 69.7 Å². The summed E-state index contributed by atoms with van der Waals surface area (Å²) in [4.78, 5) is 14.7. The van der Waals surface area contributed by atoms with Crippen LogP contribution in [0.3, 0.4) is 0 Å². The Morgan fingerprint density at radius 2 is 2.14 bits per heavy atom. The maximum absolute atomic E-state index is 10.8. The van der Waals surface area contributed by atoms with Crippen molar-refractivity contribution in [2.75, 3.05) is 0 Å². The first-order chi connectivity index (χ1) is 10.2. The Kier molecular flexibility index (Phi) is 3.57. The van der Waals surface area contributed by atoms with E-state index in [1.54, 1.807) is 12.1 Å². The molecule has 1 aromatic carbocycles. The van der Waals surface area contributed by atoms with Crippen LogP contribution in [0.25, 0.3) is 5.65 Å². The van der Waals surface area contributed by atoms with Gasteiger partial charge in [-0.3, -0.25) is 14.5 Å². The van der Waals surface area contributed by atoms with Crippen LogP contribution in [0.5, 0.6) is 11.6 Å². The van der Waals surface area contributed by atoms with Crippen molar-refractivity contribution in [2.45, 2.75) is 5.33 Å². The van der Waals surface area contributed by atoms with Gasteiger partial charge in [0, 0.05) is 17.6 Å². The van der Waals surface area contributed by atoms with Crippen LogP contribution in [0.15, 0.2) is 48.7 Å².